The average Bonchev–Trinajstić information content (AvgIpc) is 3.22. The number of nitrogens with zero attached hydrogens (tertiary/aromatic N) is 2. The molecule has 1 aromatic carbocycles. The van der Waals surface area contributed by atoms with Crippen molar-refractivity contribution in [3.05, 3.63) is 35.4 Å². The first kappa shape index (κ1) is 22.1. The Balaban J connectivity index is 1.32. The summed E-state index contributed by atoms with van der Waals surface area (Å²) in [7, 11) is 3.57. The highest BCUT2D eigenvalue weighted by molar-refractivity contribution is 5.80. The summed E-state index contributed by atoms with van der Waals surface area (Å²) in [6.07, 6.45) is 5.93. The molecule has 6 nitrogen and oxygen atoms in total. The van der Waals surface area contributed by atoms with Crippen LogP contribution in [0.4, 0.5) is 0 Å². The molecular weight excluding hydrogens is 366 g/mol. The molecule has 0 spiro atoms. The minimum atomic E-state index is 0.261. The molecule has 3 rings (SSSR count). The van der Waals surface area contributed by atoms with Crippen molar-refractivity contribution >= 4 is 5.96 Å². The summed E-state index contributed by atoms with van der Waals surface area (Å²) < 4.78 is 16.9. The molecule has 0 aromatic heterocycles. The summed E-state index contributed by atoms with van der Waals surface area (Å²) in [5.41, 5.74) is 2.84. The van der Waals surface area contributed by atoms with Crippen LogP contribution in [0.1, 0.15) is 42.9 Å². The van der Waals surface area contributed by atoms with Gasteiger partial charge in [-0.15, -0.1) is 0 Å². The first-order valence-electron chi connectivity index (χ1n) is 11.0. The Bertz CT molecular complexity index is 638. The summed E-state index contributed by atoms with van der Waals surface area (Å²) in [6.45, 7) is 5.83. The Morgan fingerprint density at radius 3 is 2.97 bits per heavy atom. The first-order valence-corrected chi connectivity index (χ1v) is 11.0. The highest BCUT2D eigenvalue weighted by atomic mass is 16.5. The van der Waals surface area contributed by atoms with E-state index in [2.05, 4.69) is 39.5 Å². The molecule has 2 aliphatic rings. The van der Waals surface area contributed by atoms with Gasteiger partial charge in [-0.3, -0.25) is 4.99 Å². The number of nitrogens with one attached hydrogen (secondary N) is 1. The van der Waals surface area contributed by atoms with Gasteiger partial charge in [0.15, 0.2) is 5.96 Å². The summed E-state index contributed by atoms with van der Waals surface area (Å²) in [5.74, 6) is 1.56. The van der Waals surface area contributed by atoms with Crippen molar-refractivity contribution in [2.75, 3.05) is 60.2 Å². The van der Waals surface area contributed by atoms with Crippen molar-refractivity contribution in [2.24, 2.45) is 10.9 Å². The van der Waals surface area contributed by atoms with E-state index in [0.29, 0.717) is 19.1 Å². The van der Waals surface area contributed by atoms with Crippen LogP contribution in [0.3, 0.4) is 0 Å². The largest absolute Gasteiger partial charge is 0.382 e. The van der Waals surface area contributed by atoms with Crippen molar-refractivity contribution in [1.82, 2.24) is 10.2 Å². The second-order valence-electron chi connectivity index (χ2n) is 7.95. The minimum absolute atomic E-state index is 0.261. The molecule has 162 valence electrons. The summed E-state index contributed by atoms with van der Waals surface area (Å²) in [6, 6.07) is 8.72. The van der Waals surface area contributed by atoms with Gasteiger partial charge in [0.1, 0.15) is 0 Å². The molecule has 1 fully saturated rings. The van der Waals surface area contributed by atoms with Crippen LogP contribution in [0.25, 0.3) is 0 Å². The fourth-order valence-electron chi connectivity index (χ4n) is 4.27. The normalized spacial score (nSPS) is 22.0. The highest BCUT2D eigenvalue weighted by Crippen LogP contribution is 2.32. The summed E-state index contributed by atoms with van der Waals surface area (Å²) >= 11 is 0. The molecule has 1 N–H and O–H groups in total. The molecule has 6 heteroatoms. The third-order valence-corrected chi connectivity index (χ3v) is 5.82. The Kier molecular flexibility index (Phi) is 9.25. The maximum atomic E-state index is 6.21. The van der Waals surface area contributed by atoms with Crippen molar-refractivity contribution in [2.45, 2.75) is 38.2 Å². The summed E-state index contributed by atoms with van der Waals surface area (Å²) in [4.78, 5) is 6.80. The van der Waals surface area contributed by atoms with Crippen molar-refractivity contribution in [3.63, 3.8) is 0 Å². The Labute approximate surface area is 175 Å². The van der Waals surface area contributed by atoms with Gasteiger partial charge in [0.05, 0.1) is 25.9 Å². The van der Waals surface area contributed by atoms with Crippen LogP contribution in [0.5, 0.6) is 0 Å². The molecule has 0 saturated carbocycles. The van der Waals surface area contributed by atoms with Crippen LogP contribution in [0.15, 0.2) is 29.3 Å². The Morgan fingerprint density at radius 1 is 1.21 bits per heavy atom. The van der Waals surface area contributed by atoms with E-state index >= 15 is 0 Å². The number of hydrogen-bond acceptors (Lipinski definition) is 4. The van der Waals surface area contributed by atoms with E-state index in [1.54, 1.807) is 7.11 Å². The predicted molar refractivity (Wildman–Crippen MR) is 116 cm³/mol. The van der Waals surface area contributed by atoms with Gasteiger partial charge in [-0.25, -0.2) is 0 Å². The SMILES string of the molecule is CN=C(NCCCOC1CCCc2ccccc21)N1CCC(COCCOC)C1. The fourth-order valence-corrected chi connectivity index (χ4v) is 4.27. The highest BCUT2D eigenvalue weighted by Gasteiger charge is 2.25. The number of likely N-dealkylation sites (tertiary alicyclic amines) is 1. The van der Waals surface area contributed by atoms with E-state index in [1.165, 1.54) is 24.0 Å². The van der Waals surface area contributed by atoms with Crippen LogP contribution >= 0.6 is 0 Å². The minimum Gasteiger partial charge on any atom is -0.382 e. The van der Waals surface area contributed by atoms with Gasteiger partial charge >= 0.3 is 0 Å². The van der Waals surface area contributed by atoms with Crippen LogP contribution in [0, 0.1) is 5.92 Å². The van der Waals surface area contributed by atoms with Crippen molar-refractivity contribution in [3.8, 4) is 0 Å². The van der Waals surface area contributed by atoms with Gasteiger partial charge < -0.3 is 24.4 Å². The lowest BCUT2D eigenvalue weighted by atomic mass is 9.89. The van der Waals surface area contributed by atoms with E-state index in [1.807, 2.05) is 7.05 Å². The number of rotatable bonds is 10. The van der Waals surface area contributed by atoms with Gasteiger partial charge in [-0.2, -0.15) is 0 Å². The van der Waals surface area contributed by atoms with E-state index in [-0.39, 0.29) is 6.10 Å². The van der Waals surface area contributed by atoms with E-state index in [4.69, 9.17) is 14.2 Å². The molecule has 2 atom stereocenters. The molecule has 1 saturated heterocycles. The van der Waals surface area contributed by atoms with Crippen LogP contribution < -0.4 is 5.32 Å². The molecule has 1 heterocycles. The Morgan fingerprint density at radius 2 is 2.10 bits per heavy atom. The third kappa shape index (κ3) is 6.69. The third-order valence-electron chi connectivity index (χ3n) is 5.82. The monoisotopic (exact) mass is 403 g/mol. The second kappa shape index (κ2) is 12.2. The number of aliphatic imine (C=N–C) groups is 1. The van der Waals surface area contributed by atoms with Gasteiger partial charge in [-0.1, -0.05) is 24.3 Å². The van der Waals surface area contributed by atoms with E-state index < -0.39 is 0 Å². The lowest BCUT2D eigenvalue weighted by Crippen LogP contribution is -2.40. The number of aryl methyl sites for hydroxylation is 1. The first-order chi connectivity index (χ1) is 14.3. The quantitative estimate of drug-likeness (QED) is 0.370. The number of guanidine groups is 1. The zero-order valence-corrected chi connectivity index (χ0v) is 18.1. The fraction of sp³-hybridized carbons (Fsp3) is 0.696. The molecule has 1 aromatic rings. The lowest BCUT2D eigenvalue weighted by Gasteiger charge is -2.26. The van der Waals surface area contributed by atoms with Crippen LogP contribution in [-0.4, -0.2) is 71.1 Å². The number of ether oxygens (including phenoxy) is 3. The zero-order chi connectivity index (χ0) is 20.3. The zero-order valence-electron chi connectivity index (χ0n) is 18.1. The van der Waals surface area contributed by atoms with Crippen LogP contribution in [-0.2, 0) is 20.6 Å². The molecule has 1 aliphatic heterocycles. The van der Waals surface area contributed by atoms with Gasteiger partial charge in [0.25, 0.3) is 0 Å². The Hall–Kier alpha value is -1.63. The van der Waals surface area contributed by atoms with Gasteiger partial charge in [-0.05, 0) is 43.2 Å². The maximum absolute atomic E-state index is 6.21. The average molecular weight is 404 g/mol. The molecular formula is C23H37N3O3. The smallest absolute Gasteiger partial charge is 0.193 e. The number of hydrogen-bond donors (Lipinski definition) is 1. The van der Waals surface area contributed by atoms with Gasteiger partial charge in [0.2, 0.25) is 0 Å². The number of benzene rings is 1. The summed E-state index contributed by atoms with van der Waals surface area (Å²) in [5, 5.41) is 3.50. The van der Waals surface area contributed by atoms with E-state index in [0.717, 1.165) is 58.1 Å². The standard InChI is InChI=1S/C23H37N3O3/c1-24-23(26-13-11-19(17-26)18-28-16-15-27-2)25-12-6-14-29-22-10-5-8-20-7-3-4-9-21(20)22/h3-4,7,9,19,22H,5-6,8,10-18H2,1-2H3,(H,24,25). The molecule has 0 radical (unpaired) electrons. The van der Waals surface area contributed by atoms with Gasteiger partial charge in [0, 0.05) is 46.3 Å². The van der Waals surface area contributed by atoms with E-state index in [9.17, 15) is 0 Å². The molecule has 29 heavy (non-hydrogen) atoms. The van der Waals surface area contributed by atoms with Crippen molar-refractivity contribution < 1.29 is 14.2 Å². The maximum Gasteiger partial charge on any atom is 0.193 e. The van der Waals surface area contributed by atoms with Crippen LogP contribution in [0.2, 0.25) is 0 Å². The molecule has 1 aliphatic carbocycles. The number of fused-ring (bicyclic) bond motifs is 1. The topological polar surface area (TPSA) is 55.3 Å². The molecule has 0 amide bonds. The van der Waals surface area contributed by atoms with Crippen molar-refractivity contribution in [1.29, 1.82) is 0 Å². The lowest BCUT2D eigenvalue weighted by molar-refractivity contribution is 0.0397. The number of methoxy groups -OCH3 is 1. The second-order valence-corrected chi connectivity index (χ2v) is 7.95. The molecule has 0 bridgehead atoms. The predicted octanol–water partition coefficient (Wildman–Crippen LogP) is 3.03. The molecule has 2 unspecified atom stereocenters.